The van der Waals surface area contributed by atoms with Gasteiger partial charge >= 0.3 is 5.69 Å². The molecule has 3 aromatic carbocycles. The van der Waals surface area contributed by atoms with E-state index in [9.17, 15) is 19.5 Å². The van der Waals surface area contributed by atoms with Gasteiger partial charge in [-0.15, -0.1) is 10.2 Å². The number of fused-ring (bicyclic) bond motifs is 1. The molecule has 38 heavy (non-hydrogen) atoms. The molecule has 1 aliphatic rings. The fraction of sp³-hybridized carbons (Fsp3) is 0.143. The summed E-state index contributed by atoms with van der Waals surface area (Å²) in [6, 6.07) is 22.7. The summed E-state index contributed by atoms with van der Waals surface area (Å²) in [6.07, 6.45) is 0. The molecule has 1 aromatic heterocycles. The van der Waals surface area contributed by atoms with Gasteiger partial charge in [0.2, 0.25) is 0 Å². The second kappa shape index (κ2) is 9.74. The summed E-state index contributed by atoms with van der Waals surface area (Å²) in [6.45, 7) is 0. The molecule has 0 N–H and O–H groups in total. The van der Waals surface area contributed by atoms with Gasteiger partial charge in [0.15, 0.2) is 5.49 Å². The summed E-state index contributed by atoms with van der Waals surface area (Å²) < 4.78 is 2.09. The van der Waals surface area contributed by atoms with Gasteiger partial charge in [-0.1, -0.05) is 66.7 Å². The molecule has 0 spiro atoms. The Morgan fingerprint density at radius 2 is 1.34 bits per heavy atom. The van der Waals surface area contributed by atoms with Crippen molar-refractivity contribution in [2.45, 2.75) is 6.04 Å². The summed E-state index contributed by atoms with van der Waals surface area (Å²) in [5, 5.41) is 21.0. The van der Waals surface area contributed by atoms with Crippen LogP contribution in [-0.2, 0) is 14.1 Å². The monoisotopic (exact) mass is 507 g/mol. The third-order valence-electron chi connectivity index (χ3n) is 6.49. The van der Waals surface area contributed by atoms with Crippen molar-refractivity contribution in [3.63, 3.8) is 0 Å². The number of imide groups is 1. The van der Waals surface area contributed by atoms with Crippen molar-refractivity contribution in [1.29, 1.82) is 0 Å². The SMILES string of the molecule is CN=c1c(N=Nc2cccc3c2C(=O)N(C(c2ccccc2)c2ccccc2)C3=O)c([O-])n(C)c(=O)n1C. The Bertz CT molecular complexity index is 1680. The molecule has 0 saturated carbocycles. The summed E-state index contributed by atoms with van der Waals surface area (Å²) in [7, 11) is 4.23. The fourth-order valence-corrected chi connectivity index (χ4v) is 4.63. The molecular weight excluding hydrogens is 484 g/mol. The van der Waals surface area contributed by atoms with Crippen molar-refractivity contribution in [2.24, 2.45) is 29.3 Å². The number of rotatable bonds is 5. The second-order valence-electron chi connectivity index (χ2n) is 8.71. The molecule has 2 amide bonds. The van der Waals surface area contributed by atoms with E-state index in [1.165, 1.54) is 30.6 Å². The Labute approximate surface area is 217 Å². The first-order valence-electron chi connectivity index (χ1n) is 11.8. The van der Waals surface area contributed by atoms with E-state index in [0.29, 0.717) is 0 Å². The van der Waals surface area contributed by atoms with E-state index in [1.807, 2.05) is 60.7 Å². The Morgan fingerprint density at radius 3 is 1.92 bits per heavy atom. The Morgan fingerprint density at radius 1 is 0.737 bits per heavy atom. The van der Waals surface area contributed by atoms with Crippen LogP contribution in [0.1, 0.15) is 37.9 Å². The summed E-state index contributed by atoms with van der Waals surface area (Å²) in [4.78, 5) is 45.0. The van der Waals surface area contributed by atoms with Crippen LogP contribution >= 0.6 is 0 Å². The first-order valence-corrected chi connectivity index (χ1v) is 11.8. The zero-order chi connectivity index (χ0) is 27.0. The molecule has 0 unspecified atom stereocenters. The third-order valence-corrected chi connectivity index (χ3v) is 6.49. The highest BCUT2D eigenvalue weighted by Crippen LogP contribution is 2.39. The van der Waals surface area contributed by atoms with Gasteiger partial charge in [-0.05, 0) is 29.1 Å². The molecule has 0 bridgehead atoms. The van der Waals surface area contributed by atoms with Crippen molar-refractivity contribution in [3.8, 4) is 5.88 Å². The highest BCUT2D eigenvalue weighted by molar-refractivity contribution is 6.23. The lowest BCUT2D eigenvalue weighted by Gasteiger charge is -2.27. The molecule has 0 atom stereocenters. The molecule has 0 fully saturated rings. The molecule has 190 valence electrons. The molecule has 0 saturated heterocycles. The van der Waals surface area contributed by atoms with Crippen LogP contribution in [0.3, 0.4) is 0 Å². The smallest absolute Gasteiger partial charge is 0.328 e. The van der Waals surface area contributed by atoms with E-state index < -0.39 is 29.4 Å². The van der Waals surface area contributed by atoms with Crippen molar-refractivity contribution in [1.82, 2.24) is 14.0 Å². The predicted molar refractivity (Wildman–Crippen MR) is 137 cm³/mol. The van der Waals surface area contributed by atoms with E-state index in [0.717, 1.165) is 15.7 Å². The van der Waals surface area contributed by atoms with Crippen molar-refractivity contribution >= 4 is 23.2 Å². The van der Waals surface area contributed by atoms with Crippen LogP contribution in [0.15, 0.2) is 98.9 Å². The minimum atomic E-state index is -0.678. The van der Waals surface area contributed by atoms with Crippen LogP contribution in [-0.4, -0.2) is 32.9 Å². The van der Waals surface area contributed by atoms with E-state index in [1.54, 1.807) is 18.2 Å². The van der Waals surface area contributed by atoms with Crippen LogP contribution in [0, 0.1) is 0 Å². The highest BCUT2D eigenvalue weighted by atomic mass is 16.3. The van der Waals surface area contributed by atoms with Crippen LogP contribution in [0.4, 0.5) is 11.4 Å². The van der Waals surface area contributed by atoms with Gasteiger partial charge in [-0.3, -0.25) is 24.0 Å². The van der Waals surface area contributed by atoms with Gasteiger partial charge in [-0.25, -0.2) is 4.79 Å². The zero-order valence-electron chi connectivity index (χ0n) is 20.9. The van der Waals surface area contributed by atoms with Crippen LogP contribution in [0.25, 0.3) is 0 Å². The number of aromatic nitrogens is 2. The maximum Gasteiger partial charge on any atom is 0.328 e. The molecule has 10 nitrogen and oxygen atoms in total. The number of carbonyl (C=O) groups excluding carboxylic acids is 2. The Kier molecular flexibility index (Phi) is 6.29. The number of amides is 2. The molecule has 0 radical (unpaired) electrons. The number of carbonyl (C=O) groups is 2. The fourth-order valence-electron chi connectivity index (χ4n) is 4.63. The Hall–Kier alpha value is -5.12. The second-order valence-corrected chi connectivity index (χ2v) is 8.71. The van der Waals surface area contributed by atoms with E-state index in [4.69, 9.17) is 0 Å². The number of azo groups is 1. The van der Waals surface area contributed by atoms with Crippen LogP contribution < -0.4 is 16.3 Å². The van der Waals surface area contributed by atoms with Crippen LogP contribution in [0.2, 0.25) is 0 Å². The predicted octanol–water partition coefficient (Wildman–Crippen LogP) is 3.13. The first kappa shape index (κ1) is 24.6. The molecule has 4 aromatic rings. The largest absolute Gasteiger partial charge is 0.858 e. The minimum Gasteiger partial charge on any atom is -0.858 e. The van der Waals surface area contributed by atoms with Gasteiger partial charge < -0.3 is 9.67 Å². The summed E-state index contributed by atoms with van der Waals surface area (Å²) >= 11 is 0. The van der Waals surface area contributed by atoms with Gasteiger partial charge in [0.05, 0.1) is 22.9 Å². The van der Waals surface area contributed by atoms with Crippen molar-refractivity contribution in [2.75, 3.05) is 7.05 Å². The Balaban J connectivity index is 1.63. The normalized spacial score (nSPS) is 13.7. The maximum atomic E-state index is 13.8. The summed E-state index contributed by atoms with van der Waals surface area (Å²) in [5.41, 5.74) is 1.30. The number of benzene rings is 3. The number of hydrogen-bond acceptors (Lipinski definition) is 7. The lowest BCUT2D eigenvalue weighted by atomic mass is 9.97. The van der Waals surface area contributed by atoms with E-state index in [2.05, 4.69) is 15.2 Å². The van der Waals surface area contributed by atoms with Gasteiger partial charge in [0.1, 0.15) is 5.69 Å². The number of hydrogen-bond donors (Lipinski definition) is 0. The van der Waals surface area contributed by atoms with Gasteiger partial charge in [0.25, 0.3) is 11.8 Å². The molecule has 5 rings (SSSR count). The lowest BCUT2D eigenvalue weighted by Crippen LogP contribution is -2.38. The van der Waals surface area contributed by atoms with Gasteiger partial charge in [0, 0.05) is 21.1 Å². The molecule has 1 aliphatic heterocycles. The average Bonchev–Trinajstić information content (AvgIpc) is 3.20. The quantitative estimate of drug-likeness (QED) is 0.304. The minimum absolute atomic E-state index is 0.0478. The lowest BCUT2D eigenvalue weighted by molar-refractivity contribution is -0.278. The number of nitrogens with zero attached hydrogens (tertiary/aromatic N) is 6. The maximum absolute atomic E-state index is 13.8. The average molecular weight is 508 g/mol. The van der Waals surface area contributed by atoms with E-state index in [-0.39, 0.29) is 28.0 Å². The molecule has 0 aliphatic carbocycles. The molecule has 10 heteroatoms. The molecular formula is C28H23N6O4-. The third kappa shape index (κ3) is 3.92. The zero-order valence-corrected chi connectivity index (χ0v) is 20.9. The summed E-state index contributed by atoms with van der Waals surface area (Å²) in [5.74, 6) is -1.66. The van der Waals surface area contributed by atoms with E-state index >= 15 is 0 Å². The standard InChI is InChI=1S/C28H24N6O4/c1-29-24-22(27(37)33(3)28(38)32(24)2)31-30-20-16-10-15-19-21(20)26(36)34(25(19)35)23(17-11-6-4-7-12-17)18-13-8-5-9-14-18/h4-16,23,37H,1-3H3/p-1. The van der Waals surface area contributed by atoms with Crippen LogP contribution in [0.5, 0.6) is 5.88 Å². The topological polar surface area (TPSA) is 124 Å². The highest BCUT2D eigenvalue weighted by Gasteiger charge is 2.42. The molecule has 2 heterocycles. The first-order chi connectivity index (χ1) is 18.3. The van der Waals surface area contributed by atoms with Gasteiger partial charge in [-0.2, -0.15) is 0 Å². The van der Waals surface area contributed by atoms with Crippen molar-refractivity contribution < 1.29 is 14.7 Å². The van der Waals surface area contributed by atoms with Crippen molar-refractivity contribution in [3.05, 3.63) is 117 Å².